The lowest BCUT2D eigenvalue weighted by Gasteiger charge is -2.02. The van der Waals surface area contributed by atoms with Crippen LogP contribution in [0.15, 0.2) is 16.5 Å². The lowest BCUT2D eigenvalue weighted by Crippen LogP contribution is -2.13. The van der Waals surface area contributed by atoms with Gasteiger partial charge in [-0.15, -0.1) is 0 Å². The van der Waals surface area contributed by atoms with Crippen molar-refractivity contribution in [3.8, 4) is 0 Å². The molecule has 0 bridgehead atoms. The molecular formula is C13H23NO4S. The zero-order valence-corrected chi connectivity index (χ0v) is 12.5. The predicted molar refractivity (Wildman–Crippen MR) is 74.7 cm³/mol. The van der Waals surface area contributed by atoms with Crippen LogP contribution in [0.4, 0.5) is 0 Å². The third-order valence-electron chi connectivity index (χ3n) is 2.61. The summed E-state index contributed by atoms with van der Waals surface area (Å²) < 4.78 is 34.0. The molecule has 6 heteroatoms. The van der Waals surface area contributed by atoms with E-state index >= 15 is 0 Å². The van der Waals surface area contributed by atoms with Gasteiger partial charge in [0, 0.05) is 13.7 Å². The zero-order chi connectivity index (χ0) is 14.1. The third kappa shape index (κ3) is 6.75. The minimum atomic E-state index is -3.11. The Kier molecular flexibility index (Phi) is 7.12. The van der Waals surface area contributed by atoms with Crippen LogP contribution in [0, 0.1) is 0 Å². The van der Waals surface area contributed by atoms with Gasteiger partial charge >= 0.3 is 0 Å². The van der Waals surface area contributed by atoms with E-state index in [-0.39, 0.29) is 11.5 Å². The Morgan fingerprint density at radius 3 is 2.74 bits per heavy atom. The van der Waals surface area contributed by atoms with E-state index in [2.05, 4.69) is 12.2 Å². The van der Waals surface area contributed by atoms with Gasteiger partial charge in [0.1, 0.15) is 17.3 Å². The summed E-state index contributed by atoms with van der Waals surface area (Å²) >= 11 is 0. The summed E-state index contributed by atoms with van der Waals surface area (Å²) in [5.41, 5.74) is 0. The average Bonchev–Trinajstić information content (AvgIpc) is 2.76. The van der Waals surface area contributed by atoms with Crippen molar-refractivity contribution < 1.29 is 17.6 Å². The van der Waals surface area contributed by atoms with Crippen LogP contribution in [-0.4, -0.2) is 34.4 Å². The highest BCUT2D eigenvalue weighted by atomic mass is 32.2. The Balaban J connectivity index is 2.43. The summed E-state index contributed by atoms with van der Waals surface area (Å²) in [5, 5.41) is 3.21. The van der Waals surface area contributed by atoms with E-state index in [4.69, 9.17) is 9.15 Å². The zero-order valence-electron chi connectivity index (χ0n) is 11.6. The van der Waals surface area contributed by atoms with Crippen molar-refractivity contribution in [1.82, 2.24) is 5.32 Å². The van der Waals surface area contributed by atoms with Crippen molar-refractivity contribution in [1.29, 1.82) is 0 Å². The molecule has 0 aliphatic carbocycles. The standard InChI is InChI=1S/C13H23NO4S/c1-3-7-14-10-12-5-6-13(18-12)11-19(15,16)9-4-8-17-2/h5-6,14H,3-4,7-11H2,1-2H3. The maximum absolute atomic E-state index is 11.8. The van der Waals surface area contributed by atoms with Crippen LogP contribution in [-0.2, 0) is 26.9 Å². The molecule has 0 unspecified atom stereocenters. The fourth-order valence-corrected chi connectivity index (χ4v) is 2.99. The number of hydrogen-bond donors (Lipinski definition) is 1. The fraction of sp³-hybridized carbons (Fsp3) is 0.692. The van der Waals surface area contributed by atoms with Crippen LogP contribution in [0.2, 0.25) is 0 Å². The summed E-state index contributed by atoms with van der Waals surface area (Å²) in [6, 6.07) is 3.56. The van der Waals surface area contributed by atoms with Gasteiger partial charge in [-0.1, -0.05) is 6.92 Å². The topological polar surface area (TPSA) is 68.5 Å². The van der Waals surface area contributed by atoms with E-state index < -0.39 is 9.84 Å². The van der Waals surface area contributed by atoms with Gasteiger partial charge in [-0.2, -0.15) is 0 Å². The van der Waals surface area contributed by atoms with Crippen LogP contribution >= 0.6 is 0 Å². The number of hydrogen-bond acceptors (Lipinski definition) is 5. The van der Waals surface area contributed by atoms with Crippen molar-refractivity contribution in [2.24, 2.45) is 0 Å². The molecule has 0 saturated carbocycles. The molecule has 0 fully saturated rings. The van der Waals surface area contributed by atoms with E-state index in [1.807, 2.05) is 6.07 Å². The van der Waals surface area contributed by atoms with E-state index in [9.17, 15) is 8.42 Å². The quantitative estimate of drug-likeness (QED) is 0.664. The van der Waals surface area contributed by atoms with E-state index in [1.54, 1.807) is 13.2 Å². The number of nitrogens with one attached hydrogen (secondary N) is 1. The van der Waals surface area contributed by atoms with Gasteiger partial charge in [0.2, 0.25) is 0 Å². The normalized spacial score (nSPS) is 11.9. The smallest absolute Gasteiger partial charge is 0.157 e. The lowest BCUT2D eigenvalue weighted by molar-refractivity contribution is 0.199. The molecule has 1 heterocycles. The van der Waals surface area contributed by atoms with Gasteiger partial charge in [-0.3, -0.25) is 0 Å². The molecule has 5 nitrogen and oxygen atoms in total. The first-order valence-corrected chi connectivity index (χ1v) is 8.37. The Bertz CT molecular complexity index is 453. The van der Waals surface area contributed by atoms with Crippen molar-refractivity contribution in [2.45, 2.75) is 32.1 Å². The van der Waals surface area contributed by atoms with Crippen LogP contribution in [0.5, 0.6) is 0 Å². The fourth-order valence-electron chi connectivity index (χ4n) is 1.70. The molecule has 0 amide bonds. The van der Waals surface area contributed by atoms with Gasteiger partial charge in [-0.05, 0) is 31.5 Å². The highest BCUT2D eigenvalue weighted by Gasteiger charge is 2.14. The molecule has 0 radical (unpaired) electrons. The number of ether oxygens (including phenoxy) is 1. The molecule has 1 rings (SSSR count). The summed E-state index contributed by atoms with van der Waals surface area (Å²) in [6.07, 6.45) is 1.58. The molecule has 0 aromatic carbocycles. The Morgan fingerprint density at radius 1 is 1.32 bits per heavy atom. The maximum atomic E-state index is 11.8. The minimum absolute atomic E-state index is 0.0372. The first-order chi connectivity index (χ1) is 9.07. The van der Waals surface area contributed by atoms with Gasteiger partial charge in [0.05, 0.1) is 12.3 Å². The summed E-state index contributed by atoms with van der Waals surface area (Å²) in [7, 11) is -1.55. The second-order valence-electron chi connectivity index (χ2n) is 4.48. The largest absolute Gasteiger partial charge is 0.464 e. The highest BCUT2D eigenvalue weighted by molar-refractivity contribution is 7.90. The minimum Gasteiger partial charge on any atom is -0.464 e. The second-order valence-corrected chi connectivity index (χ2v) is 6.67. The molecule has 19 heavy (non-hydrogen) atoms. The van der Waals surface area contributed by atoms with Crippen LogP contribution in [0.3, 0.4) is 0 Å². The maximum Gasteiger partial charge on any atom is 0.157 e. The summed E-state index contributed by atoms with van der Waals surface area (Å²) in [4.78, 5) is 0. The monoisotopic (exact) mass is 289 g/mol. The van der Waals surface area contributed by atoms with E-state index in [0.29, 0.717) is 25.3 Å². The van der Waals surface area contributed by atoms with Gasteiger partial charge in [0.25, 0.3) is 0 Å². The molecule has 0 aliphatic heterocycles. The van der Waals surface area contributed by atoms with Gasteiger partial charge in [0.15, 0.2) is 9.84 Å². The number of methoxy groups -OCH3 is 1. The van der Waals surface area contributed by atoms with E-state index in [0.717, 1.165) is 18.7 Å². The van der Waals surface area contributed by atoms with Crippen LogP contribution < -0.4 is 5.32 Å². The lowest BCUT2D eigenvalue weighted by atomic mass is 10.4. The van der Waals surface area contributed by atoms with Crippen molar-refractivity contribution in [2.75, 3.05) is 26.0 Å². The molecule has 1 aromatic heterocycles. The number of sulfone groups is 1. The second kappa shape index (κ2) is 8.35. The Labute approximate surface area is 115 Å². The first-order valence-electron chi connectivity index (χ1n) is 6.55. The van der Waals surface area contributed by atoms with Crippen molar-refractivity contribution in [3.63, 3.8) is 0 Å². The summed E-state index contributed by atoms with van der Waals surface area (Å²) in [5.74, 6) is 1.37. The first kappa shape index (κ1) is 16.2. The van der Waals surface area contributed by atoms with Crippen molar-refractivity contribution in [3.05, 3.63) is 23.7 Å². The molecule has 1 aromatic rings. The summed E-state index contributed by atoms with van der Waals surface area (Å²) in [6.45, 7) is 4.11. The molecular weight excluding hydrogens is 266 g/mol. The van der Waals surface area contributed by atoms with Crippen molar-refractivity contribution >= 4 is 9.84 Å². The van der Waals surface area contributed by atoms with Crippen LogP contribution in [0.25, 0.3) is 0 Å². The van der Waals surface area contributed by atoms with Gasteiger partial charge < -0.3 is 14.5 Å². The SMILES string of the molecule is CCCNCc1ccc(CS(=O)(=O)CCCOC)o1. The van der Waals surface area contributed by atoms with E-state index in [1.165, 1.54) is 0 Å². The Hall–Kier alpha value is -0.850. The molecule has 0 spiro atoms. The predicted octanol–water partition coefficient (Wildman–Crippen LogP) is 1.73. The molecule has 0 atom stereocenters. The molecule has 0 saturated heterocycles. The van der Waals surface area contributed by atoms with Gasteiger partial charge in [-0.25, -0.2) is 8.42 Å². The highest BCUT2D eigenvalue weighted by Crippen LogP contribution is 2.12. The van der Waals surface area contributed by atoms with Crippen LogP contribution in [0.1, 0.15) is 31.3 Å². The molecule has 0 aliphatic rings. The Morgan fingerprint density at radius 2 is 2.05 bits per heavy atom. The molecule has 110 valence electrons. The average molecular weight is 289 g/mol. The molecule has 1 N–H and O–H groups in total. The number of furan rings is 1. The number of rotatable bonds is 10. The third-order valence-corrected chi connectivity index (χ3v) is 4.24.